The van der Waals surface area contributed by atoms with Gasteiger partial charge in [0.1, 0.15) is 11.6 Å². The standard InChI is InChI=1S/C19H26N2O4/c1-10-7-11(2)16-13(12(3)20-14(16)8-10)9-15(17(22)23)21-18(24)25-19(4,5)6/h7-8,15,20H,9H2,1-6H3,(H,21,24)(H,22,23). The molecule has 0 aliphatic carbocycles. The summed E-state index contributed by atoms with van der Waals surface area (Å²) >= 11 is 0. The second-order valence-corrected chi connectivity index (χ2v) is 7.47. The molecule has 1 aromatic heterocycles. The molecule has 6 nitrogen and oxygen atoms in total. The molecule has 2 rings (SSSR count). The van der Waals surface area contributed by atoms with Crippen LogP contribution in [-0.2, 0) is 16.0 Å². The summed E-state index contributed by atoms with van der Waals surface area (Å²) in [4.78, 5) is 26.9. The number of aromatic amines is 1. The lowest BCUT2D eigenvalue weighted by molar-refractivity contribution is -0.139. The molecule has 0 aliphatic heterocycles. The summed E-state index contributed by atoms with van der Waals surface area (Å²) in [6.07, 6.45) is -0.547. The molecule has 0 saturated heterocycles. The normalized spacial score (nSPS) is 12.9. The highest BCUT2D eigenvalue weighted by atomic mass is 16.6. The molecule has 0 spiro atoms. The van der Waals surface area contributed by atoms with Crippen LogP contribution in [0.3, 0.4) is 0 Å². The van der Waals surface area contributed by atoms with Gasteiger partial charge >= 0.3 is 12.1 Å². The molecule has 1 atom stereocenters. The van der Waals surface area contributed by atoms with Gasteiger partial charge in [-0.25, -0.2) is 9.59 Å². The van der Waals surface area contributed by atoms with Crippen LogP contribution in [0, 0.1) is 20.8 Å². The van der Waals surface area contributed by atoms with E-state index in [0.29, 0.717) is 0 Å². The van der Waals surface area contributed by atoms with Crippen molar-refractivity contribution in [2.75, 3.05) is 0 Å². The van der Waals surface area contributed by atoms with Gasteiger partial charge < -0.3 is 20.1 Å². The van der Waals surface area contributed by atoms with Crippen LogP contribution < -0.4 is 5.32 Å². The predicted molar refractivity (Wildman–Crippen MR) is 97.0 cm³/mol. The number of H-pyrrole nitrogens is 1. The number of benzene rings is 1. The Morgan fingerprint density at radius 2 is 1.88 bits per heavy atom. The zero-order valence-electron chi connectivity index (χ0n) is 15.6. The maximum absolute atomic E-state index is 12.0. The van der Waals surface area contributed by atoms with Crippen molar-refractivity contribution < 1.29 is 19.4 Å². The van der Waals surface area contributed by atoms with Crippen molar-refractivity contribution in [2.24, 2.45) is 0 Å². The number of aliphatic carboxylic acids is 1. The highest BCUT2D eigenvalue weighted by Crippen LogP contribution is 2.28. The van der Waals surface area contributed by atoms with Gasteiger partial charge in [0, 0.05) is 23.0 Å². The third-order valence-corrected chi connectivity index (χ3v) is 3.95. The molecule has 0 fully saturated rings. The van der Waals surface area contributed by atoms with Crippen LogP contribution in [0.1, 0.15) is 43.2 Å². The van der Waals surface area contributed by atoms with Gasteiger partial charge in [0.15, 0.2) is 0 Å². The Bertz CT molecular complexity index is 815. The molecule has 136 valence electrons. The fourth-order valence-corrected chi connectivity index (χ4v) is 3.04. The lowest BCUT2D eigenvalue weighted by Crippen LogP contribution is -2.44. The topological polar surface area (TPSA) is 91.4 Å². The molecule has 0 radical (unpaired) electrons. The van der Waals surface area contributed by atoms with Crippen molar-refractivity contribution in [2.45, 2.75) is 59.6 Å². The van der Waals surface area contributed by atoms with Crippen LogP contribution in [0.2, 0.25) is 0 Å². The second kappa shape index (κ2) is 6.78. The van der Waals surface area contributed by atoms with Crippen LogP contribution in [0.15, 0.2) is 12.1 Å². The van der Waals surface area contributed by atoms with Gasteiger partial charge in [0.2, 0.25) is 0 Å². The fraction of sp³-hybridized carbons (Fsp3) is 0.474. The summed E-state index contributed by atoms with van der Waals surface area (Å²) in [5, 5.41) is 13.0. The number of fused-ring (bicyclic) bond motifs is 1. The Balaban J connectivity index is 2.31. The molecule has 1 heterocycles. The highest BCUT2D eigenvalue weighted by Gasteiger charge is 2.26. The van der Waals surface area contributed by atoms with Gasteiger partial charge in [-0.2, -0.15) is 0 Å². The van der Waals surface area contributed by atoms with E-state index >= 15 is 0 Å². The first kappa shape index (κ1) is 18.8. The first-order chi connectivity index (χ1) is 11.5. The Morgan fingerprint density at radius 3 is 2.44 bits per heavy atom. The van der Waals surface area contributed by atoms with Crippen molar-refractivity contribution >= 4 is 23.0 Å². The summed E-state index contributed by atoms with van der Waals surface area (Å²) in [6.45, 7) is 11.1. The molecule has 3 N–H and O–H groups in total. The number of aromatic nitrogens is 1. The summed E-state index contributed by atoms with van der Waals surface area (Å²) in [6, 6.07) is 3.04. The zero-order chi connectivity index (χ0) is 18.9. The Kier molecular flexibility index (Phi) is 5.11. The molecule has 2 aromatic rings. The van der Waals surface area contributed by atoms with Gasteiger partial charge in [-0.05, 0) is 64.3 Å². The summed E-state index contributed by atoms with van der Waals surface area (Å²) < 4.78 is 5.17. The minimum Gasteiger partial charge on any atom is -0.480 e. The minimum absolute atomic E-state index is 0.185. The molecule has 1 amide bonds. The lowest BCUT2D eigenvalue weighted by Gasteiger charge is -2.22. The quantitative estimate of drug-likeness (QED) is 0.788. The first-order valence-corrected chi connectivity index (χ1v) is 8.28. The Hall–Kier alpha value is -2.50. The number of alkyl carbamates (subject to hydrolysis) is 1. The van der Waals surface area contributed by atoms with E-state index in [1.165, 1.54) is 0 Å². The molecular formula is C19H26N2O4. The van der Waals surface area contributed by atoms with E-state index in [4.69, 9.17) is 4.74 Å². The van der Waals surface area contributed by atoms with E-state index in [9.17, 15) is 14.7 Å². The third kappa shape index (κ3) is 4.53. The number of carbonyl (C=O) groups excluding carboxylic acids is 1. The zero-order valence-corrected chi connectivity index (χ0v) is 15.6. The van der Waals surface area contributed by atoms with Crippen molar-refractivity contribution in [3.63, 3.8) is 0 Å². The van der Waals surface area contributed by atoms with Crippen molar-refractivity contribution in [3.8, 4) is 0 Å². The number of hydrogen-bond donors (Lipinski definition) is 3. The van der Waals surface area contributed by atoms with Crippen LogP contribution in [-0.4, -0.2) is 33.8 Å². The maximum Gasteiger partial charge on any atom is 0.408 e. The average molecular weight is 346 g/mol. The van der Waals surface area contributed by atoms with E-state index < -0.39 is 23.7 Å². The maximum atomic E-state index is 12.0. The fourth-order valence-electron chi connectivity index (χ4n) is 3.04. The number of amides is 1. The van der Waals surface area contributed by atoms with Crippen LogP contribution >= 0.6 is 0 Å². The van der Waals surface area contributed by atoms with Gasteiger partial charge in [-0.15, -0.1) is 0 Å². The minimum atomic E-state index is -1.09. The molecule has 1 unspecified atom stereocenters. The predicted octanol–water partition coefficient (Wildman–Crippen LogP) is 3.61. The van der Waals surface area contributed by atoms with Crippen molar-refractivity contribution in [1.29, 1.82) is 0 Å². The number of carbonyl (C=O) groups is 2. The van der Waals surface area contributed by atoms with Crippen molar-refractivity contribution in [1.82, 2.24) is 10.3 Å². The summed E-state index contributed by atoms with van der Waals surface area (Å²) in [5.74, 6) is -1.09. The molecule has 0 bridgehead atoms. The SMILES string of the molecule is Cc1cc(C)c2c(CC(NC(=O)OC(C)(C)C)C(=O)O)c(C)[nH]c2c1. The largest absolute Gasteiger partial charge is 0.480 e. The molecule has 0 saturated carbocycles. The first-order valence-electron chi connectivity index (χ1n) is 8.28. The van der Waals surface area contributed by atoms with Crippen molar-refractivity contribution in [3.05, 3.63) is 34.5 Å². The number of carboxylic acids is 1. The van der Waals surface area contributed by atoms with Gasteiger partial charge in [0.25, 0.3) is 0 Å². The highest BCUT2D eigenvalue weighted by molar-refractivity contribution is 5.89. The molecule has 25 heavy (non-hydrogen) atoms. The summed E-state index contributed by atoms with van der Waals surface area (Å²) in [7, 11) is 0. The third-order valence-electron chi connectivity index (χ3n) is 3.95. The van der Waals surface area contributed by atoms with Crippen LogP contribution in [0.4, 0.5) is 4.79 Å². The van der Waals surface area contributed by atoms with Gasteiger partial charge in [-0.1, -0.05) is 6.07 Å². The molecule has 6 heteroatoms. The lowest BCUT2D eigenvalue weighted by atomic mass is 9.98. The number of ether oxygens (including phenoxy) is 1. The smallest absolute Gasteiger partial charge is 0.408 e. The summed E-state index contributed by atoms with van der Waals surface area (Å²) in [5.41, 5.74) is 4.32. The number of nitrogens with one attached hydrogen (secondary N) is 2. The van der Waals surface area contributed by atoms with E-state index in [1.807, 2.05) is 26.8 Å². The van der Waals surface area contributed by atoms with E-state index in [0.717, 1.165) is 33.3 Å². The average Bonchev–Trinajstić information content (AvgIpc) is 2.71. The Labute approximate surface area is 147 Å². The van der Waals surface area contributed by atoms with E-state index in [-0.39, 0.29) is 6.42 Å². The number of hydrogen-bond acceptors (Lipinski definition) is 3. The van der Waals surface area contributed by atoms with Gasteiger partial charge in [0.05, 0.1) is 0 Å². The van der Waals surface area contributed by atoms with Crippen LogP contribution in [0.5, 0.6) is 0 Å². The van der Waals surface area contributed by atoms with Gasteiger partial charge in [-0.3, -0.25) is 0 Å². The van der Waals surface area contributed by atoms with Crippen LogP contribution in [0.25, 0.3) is 10.9 Å². The Morgan fingerprint density at radius 1 is 1.24 bits per heavy atom. The molecule has 0 aliphatic rings. The van der Waals surface area contributed by atoms with E-state index in [2.05, 4.69) is 16.4 Å². The molecular weight excluding hydrogens is 320 g/mol. The number of aryl methyl sites for hydroxylation is 3. The number of carboxylic acid groups (broad SMARTS) is 1. The second-order valence-electron chi connectivity index (χ2n) is 7.47. The van der Waals surface area contributed by atoms with E-state index in [1.54, 1.807) is 20.8 Å². The molecule has 1 aromatic carbocycles. The monoisotopic (exact) mass is 346 g/mol. The number of rotatable bonds is 4.